The van der Waals surface area contributed by atoms with Crippen LogP contribution in [0.25, 0.3) is 0 Å². The number of rotatable bonds is 6. The Balaban J connectivity index is 2.40. The van der Waals surface area contributed by atoms with Crippen LogP contribution in [0.3, 0.4) is 0 Å². The number of benzene rings is 1. The van der Waals surface area contributed by atoms with Gasteiger partial charge in [0.15, 0.2) is 0 Å². The van der Waals surface area contributed by atoms with E-state index in [0.29, 0.717) is 25.3 Å². The summed E-state index contributed by atoms with van der Waals surface area (Å²) in [4.78, 5) is 11.6. The number of hydrogen-bond donors (Lipinski definition) is 1. The molecule has 0 bridgehead atoms. The molecule has 1 aromatic rings. The van der Waals surface area contributed by atoms with Crippen molar-refractivity contribution in [1.82, 2.24) is 0 Å². The molecule has 1 atom stereocenters. The molecule has 16 heavy (non-hydrogen) atoms. The Kier molecular flexibility index (Phi) is 5.12. The second-order valence-corrected chi connectivity index (χ2v) is 4.22. The molecule has 0 aliphatic rings. The van der Waals surface area contributed by atoms with Gasteiger partial charge in [-0.3, -0.25) is 4.79 Å². The maximum atomic E-state index is 12.9. The average Bonchev–Trinajstić information content (AvgIpc) is 2.26. The van der Waals surface area contributed by atoms with Crippen molar-refractivity contribution < 1.29 is 9.18 Å². The third kappa shape index (κ3) is 4.53. The van der Waals surface area contributed by atoms with E-state index in [1.807, 2.05) is 6.92 Å². The highest BCUT2D eigenvalue weighted by Gasteiger charge is 2.07. The number of Topliss-reactive ketones (excluding diaryl/α,β-unsaturated/α-hetero) is 1. The number of nitrogens with two attached hydrogens (primary N) is 1. The molecule has 0 heterocycles. The van der Waals surface area contributed by atoms with Gasteiger partial charge in [0.05, 0.1) is 0 Å². The highest BCUT2D eigenvalue weighted by Crippen LogP contribution is 2.09. The van der Waals surface area contributed by atoms with Gasteiger partial charge in [0, 0.05) is 12.8 Å². The largest absolute Gasteiger partial charge is 0.330 e. The number of carbonyl (C=O) groups is 1. The highest BCUT2D eigenvalue weighted by molar-refractivity contribution is 5.80. The molecule has 2 nitrogen and oxygen atoms in total. The van der Waals surface area contributed by atoms with Gasteiger partial charge in [-0.25, -0.2) is 4.39 Å². The summed E-state index contributed by atoms with van der Waals surface area (Å²) < 4.78 is 12.9. The molecular weight excluding hydrogens is 205 g/mol. The molecule has 88 valence electrons. The minimum atomic E-state index is -0.291. The summed E-state index contributed by atoms with van der Waals surface area (Å²) in [5.74, 6) is 0.225. The zero-order chi connectivity index (χ0) is 12.0. The highest BCUT2D eigenvalue weighted by atomic mass is 19.1. The van der Waals surface area contributed by atoms with Crippen LogP contribution in [-0.4, -0.2) is 12.3 Å². The summed E-state index contributed by atoms with van der Waals surface area (Å²) in [5.41, 5.74) is 6.21. The molecule has 0 aliphatic heterocycles. The fourth-order valence-electron chi connectivity index (χ4n) is 1.49. The van der Waals surface area contributed by atoms with Crippen LogP contribution in [0.4, 0.5) is 4.39 Å². The van der Waals surface area contributed by atoms with Gasteiger partial charge in [0.1, 0.15) is 11.6 Å². The lowest BCUT2D eigenvalue weighted by Crippen LogP contribution is -2.13. The normalized spacial score (nSPS) is 12.4. The maximum absolute atomic E-state index is 12.9. The first-order chi connectivity index (χ1) is 7.61. The monoisotopic (exact) mass is 223 g/mol. The zero-order valence-electron chi connectivity index (χ0n) is 9.58. The third-order valence-corrected chi connectivity index (χ3v) is 2.61. The van der Waals surface area contributed by atoms with E-state index in [1.54, 1.807) is 12.1 Å². The van der Waals surface area contributed by atoms with E-state index in [-0.39, 0.29) is 11.6 Å². The molecular formula is C13H18FNO. The molecule has 0 radical (unpaired) electrons. The van der Waals surface area contributed by atoms with E-state index < -0.39 is 0 Å². The number of hydrogen-bond acceptors (Lipinski definition) is 2. The fourth-order valence-corrected chi connectivity index (χ4v) is 1.49. The molecule has 3 heteroatoms. The molecule has 0 spiro atoms. The van der Waals surface area contributed by atoms with Crippen LogP contribution in [0.2, 0.25) is 0 Å². The predicted molar refractivity (Wildman–Crippen MR) is 62.6 cm³/mol. The fraction of sp³-hybridized carbons (Fsp3) is 0.462. The summed E-state index contributed by atoms with van der Waals surface area (Å²) in [7, 11) is 0. The van der Waals surface area contributed by atoms with Crippen molar-refractivity contribution in [1.29, 1.82) is 0 Å². The van der Waals surface area contributed by atoms with Crippen molar-refractivity contribution in [3.05, 3.63) is 35.6 Å². The molecule has 0 aromatic heterocycles. The Morgan fingerprint density at radius 3 is 2.88 bits per heavy atom. The molecule has 1 rings (SSSR count). The molecule has 0 saturated heterocycles. The van der Waals surface area contributed by atoms with E-state index in [2.05, 4.69) is 0 Å². The van der Waals surface area contributed by atoms with Gasteiger partial charge in [0.2, 0.25) is 0 Å². The predicted octanol–water partition coefficient (Wildman–Crippen LogP) is 2.31. The van der Waals surface area contributed by atoms with E-state index in [4.69, 9.17) is 5.73 Å². The lowest BCUT2D eigenvalue weighted by molar-refractivity contribution is -0.118. The van der Waals surface area contributed by atoms with E-state index in [9.17, 15) is 9.18 Å². The quantitative estimate of drug-likeness (QED) is 0.804. The molecule has 0 fully saturated rings. The van der Waals surface area contributed by atoms with Crippen LogP contribution in [0.1, 0.15) is 25.3 Å². The van der Waals surface area contributed by atoms with Gasteiger partial charge in [-0.1, -0.05) is 19.1 Å². The van der Waals surface area contributed by atoms with Gasteiger partial charge in [-0.05, 0) is 36.6 Å². The number of carbonyl (C=O) groups excluding carboxylic acids is 1. The lowest BCUT2D eigenvalue weighted by Gasteiger charge is -2.07. The van der Waals surface area contributed by atoms with Gasteiger partial charge in [0.25, 0.3) is 0 Å². The van der Waals surface area contributed by atoms with Crippen LogP contribution in [0, 0.1) is 11.7 Å². The van der Waals surface area contributed by atoms with Crippen LogP contribution in [-0.2, 0) is 11.2 Å². The zero-order valence-corrected chi connectivity index (χ0v) is 9.58. The number of ketones is 1. The van der Waals surface area contributed by atoms with Crippen LogP contribution in [0.5, 0.6) is 0 Å². The van der Waals surface area contributed by atoms with Gasteiger partial charge in [-0.2, -0.15) is 0 Å². The van der Waals surface area contributed by atoms with Gasteiger partial charge < -0.3 is 5.73 Å². The van der Waals surface area contributed by atoms with Crippen molar-refractivity contribution in [3.63, 3.8) is 0 Å². The Labute approximate surface area is 95.7 Å². The smallest absolute Gasteiger partial charge is 0.137 e. The van der Waals surface area contributed by atoms with E-state index in [0.717, 1.165) is 12.0 Å². The second-order valence-electron chi connectivity index (χ2n) is 4.22. The Morgan fingerprint density at radius 1 is 1.50 bits per heavy atom. The van der Waals surface area contributed by atoms with E-state index >= 15 is 0 Å². The first-order valence-corrected chi connectivity index (χ1v) is 5.58. The molecule has 2 N–H and O–H groups in total. The summed E-state index contributed by atoms with van der Waals surface area (Å²) in [6.45, 7) is 2.63. The maximum Gasteiger partial charge on any atom is 0.137 e. The summed E-state index contributed by atoms with van der Waals surface area (Å²) in [6.07, 6.45) is 1.65. The molecule has 0 amide bonds. The van der Waals surface area contributed by atoms with Crippen molar-refractivity contribution >= 4 is 5.78 Å². The first-order valence-electron chi connectivity index (χ1n) is 5.58. The molecule has 1 unspecified atom stereocenters. The van der Waals surface area contributed by atoms with Crippen molar-refractivity contribution in [3.8, 4) is 0 Å². The Bertz CT molecular complexity index is 352. The van der Waals surface area contributed by atoms with Crippen LogP contribution < -0.4 is 5.73 Å². The number of halogens is 1. The van der Waals surface area contributed by atoms with E-state index in [1.165, 1.54) is 12.1 Å². The van der Waals surface area contributed by atoms with Gasteiger partial charge >= 0.3 is 0 Å². The minimum Gasteiger partial charge on any atom is -0.330 e. The summed E-state index contributed by atoms with van der Waals surface area (Å²) >= 11 is 0. The topological polar surface area (TPSA) is 43.1 Å². The standard InChI is InChI=1S/C13H18FNO/c1-10(9-15)5-6-13(16)8-11-3-2-4-12(14)7-11/h2-4,7,10H,5-6,8-9,15H2,1H3. The van der Waals surface area contributed by atoms with Crippen molar-refractivity contribution in [2.45, 2.75) is 26.2 Å². The molecule has 0 aliphatic carbocycles. The third-order valence-electron chi connectivity index (χ3n) is 2.61. The van der Waals surface area contributed by atoms with Crippen molar-refractivity contribution in [2.75, 3.05) is 6.54 Å². The molecule has 0 saturated carbocycles. The summed E-state index contributed by atoms with van der Waals surface area (Å²) in [6, 6.07) is 6.18. The van der Waals surface area contributed by atoms with Gasteiger partial charge in [-0.15, -0.1) is 0 Å². The average molecular weight is 223 g/mol. The lowest BCUT2D eigenvalue weighted by atomic mass is 10.0. The van der Waals surface area contributed by atoms with Crippen LogP contribution >= 0.6 is 0 Å². The Morgan fingerprint density at radius 2 is 2.25 bits per heavy atom. The minimum absolute atomic E-state index is 0.144. The van der Waals surface area contributed by atoms with Crippen molar-refractivity contribution in [2.24, 2.45) is 11.7 Å². The van der Waals surface area contributed by atoms with Crippen LogP contribution in [0.15, 0.2) is 24.3 Å². The SMILES string of the molecule is CC(CN)CCC(=O)Cc1cccc(F)c1. The molecule has 1 aromatic carbocycles. The first kappa shape index (κ1) is 12.8. The Hall–Kier alpha value is -1.22. The summed E-state index contributed by atoms with van der Waals surface area (Å²) in [5, 5.41) is 0. The second kappa shape index (κ2) is 6.38.